The molecule has 25 heavy (non-hydrogen) atoms. The minimum atomic E-state index is -0.181. The van der Waals surface area contributed by atoms with Gasteiger partial charge in [0, 0.05) is 32.4 Å². The van der Waals surface area contributed by atoms with Gasteiger partial charge in [0.2, 0.25) is 5.88 Å². The van der Waals surface area contributed by atoms with E-state index < -0.39 is 0 Å². The molecule has 6 nitrogen and oxygen atoms in total. The molecule has 3 rings (SSSR count). The molecule has 0 aliphatic heterocycles. The van der Waals surface area contributed by atoms with Crippen molar-refractivity contribution in [3.8, 4) is 11.6 Å². The number of carbonyl (C=O) groups excluding carboxylic acids is 1. The number of pyridine rings is 1. The van der Waals surface area contributed by atoms with Crippen molar-refractivity contribution in [3.63, 3.8) is 0 Å². The molecular weight excluding hydrogens is 320 g/mol. The number of aromatic hydroxyl groups is 1. The summed E-state index contributed by atoms with van der Waals surface area (Å²) < 4.78 is 10.4. The first-order valence-electron chi connectivity index (χ1n) is 8.38. The lowest BCUT2D eigenvalue weighted by molar-refractivity contribution is 0.0936. The van der Waals surface area contributed by atoms with Crippen LogP contribution < -0.4 is 10.1 Å². The number of hydrogen-bond donors (Lipinski definition) is 2. The number of phenolic OH excluding ortho intramolecular Hbond substituents is 1. The van der Waals surface area contributed by atoms with Crippen molar-refractivity contribution < 1.29 is 19.4 Å². The third-order valence-electron chi connectivity index (χ3n) is 4.29. The molecule has 0 bridgehead atoms. The van der Waals surface area contributed by atoms with E-state index >= 15 is 0 Å². The number of hydrogen-bond acceptors (Lipinski definition) is 5. The summed E-state index contributed by atoms with van der Waals surface area (Å²) in [6, 6.07) is 8.73. The first kappa shape index (κ1) is 17.2. The second-order valence-electron chi connectivity index (χ2n) is 5.99. The Bertz CT molecular complexity index is 731. The molecule has 0 spiro atoms. The first-order chi connectivity index (χ1) is 12.2. The zero-order valence-electron chi connectivity index (χ0n) is 14.2. The van der Waals surface area contributed by atoms with Crippen LogP contribution in [0.2, 0.25) is 0 Å². The van der Waals surface area contributed by atoms with E-state index in [1.54, 1.807) is 31.4 Å². The molecule has 1 heterocycles. The molecule has 1 atom stereocenters. The number of phenols is 1. The van der Waals surface area contributed by atoms with Crippen LogP contribution >= 0.6 is 0 Å². The Hall–Kier alpha value is -2.60. The minimum absolute atomic E-state index is 0.0837. The number of ether oxygens (including phenoxy) is 2. The molecule has 1 aromatic heterocycles. The lowest BCUT2D eigenvalue weighted by atomic mass is 10.1. The molecule has 1 unspecified atom stereocenters. The van der Waals surface area contributed by atoms with Crippen molar-refractivity contribution in [1.29, 1.82) is 0 Å². The average molecular weight is 342 g/mol. The molecule has 1 aliphatic carbocycles. The van der Waals surface area contributed by atoms with E-state index in [4.69, 9.17) is 9.47 Å². The number of amides is 1. The van der Waals surface area contributed by atoms with Crippen LogP contribution in [0.4, 0.5) is 0 Å². The van der Waals surface area contributed by atoms with E-state index in [-0.39, 0.29) is 11.9 Å². The van der Waals surface area contributed by atoms with Gasteiger partial charge in [0.15, 0.2) is 0 Å². The molecule has 1 aliphatic rings. The van der Waals surface area contributed by atoms with E-state index in [0.717, 1.165) is 30.4 Å². The fraction of sp³-hybridized carbons (Fsp3) is 0.368. The van der Waals surface area contributed by atoms with Crippen molar-refractivity contribution >= 4 is 5.91 Å². The fourth-order valence-electron chi connectivity index (χ4n) is 3.01. The van der Waals surface area contributed by atoms with Gasteiger partial charge in [-0.2, -0.15) is 0 Å². The van der Waals surface area contributed by atoms with Crippen LogP contribution in [0.1, 0.15) is 40.4 Å². The van der Waals surface area contributed by atoms with Gasteiger partial charge in [-0.05, 0) is 36.1 Å². The monoisotopic (exact) mass is 342 g/mol. The van der Waals surface area contributed by atoms with Crippen LogP contribution in [0.25, 0.3) is 0 Å². The average Bonchev–Trinajstić information content (AvgIpc) is 3.04. The molecule has 2 N–H and O–H groups in total. The summed E-state index contributed by atoms with van der Waals surface area (Å²) in [6.07, 6.45) is 3.85. The van der Waals surface area contributed by atoms with Gasteiger partial charge in [-0.1, -0.05) is 12.1 Å². The Balaban J connectivity index is 1.58. The molecule has 6 heteroatoms. The van der Waals surface area contributed by atoms with Gasteiger partial charge in [-0.3, -0.25) is 4.79 Å². The standard InChI is InChI=1S/C19H22N2O4/c1-24-10-3-11-25-18-9-6-13(12-20-18)19(23)21-16-8-7-15-14(16)4-2-5-17(15)22/h2,4-6,9,12,16,22H,3,7-8,10-11H2,1H3,(H,21,23). The third kappa shape index (κ3) is 4.09. The second kappa shape index (κ2) is 7.98. The van der Waals surface area contributed by atoms with Gasteiger partial charge in [-0.15, -0.1) is 0 Å². The van der Waals surface area contributed by atoms with Gasteiger partial charge in [0.1, 0.15) is 5.75 Å². The number of nitrogens with one attached hydrogen (secondary N) is 1. The molecular formula is C19H22N2O4. The van der Waals surface area contributed by atoms with E-state index in [1.807, 2.05) is 6.07 Å². The molecule has 0 fully saturated rings. The minimum Gasteiger partial charge on any atom is -0.508 e. The van der Waals surface area contributed by atoms with Crippen LogP contribution in [-0.2, 0) is 11.2 Å². The number of methoxy groups -OCH3 is 1. The first-order valence-corrected chi connectivity index (χ1v) is 8.38. The lowest BCUT2D eigenvalue weighted by Gasteiger charge is -2.14. The fourth-order valence-corrected chi connectivity index (χ4v) is 3.01. The summed E-state index contributed by atoms with van der Waals surface area (Å²) in [5.74, 6) is 0.606. The summed E-state index contributed by atoms with van der Waals surface area (Å²) in [5.41, 5.74) is 2.39. The summed E-state index contributed by atoms with van der Waals surface area (Å²) >= 11 is 0. The normalized spacial score (nSPS) is 15.6. The predicted molar refractivity (Wildman–Crippen MR) is 92.9 cm³/mol. The molecule has 2 aromatic rings. The van der Waals surface area contributed by atoms with Crippen molar-refractivity contribution in [1.82, 2.24) is 10.3 Å². The maximum atomic E-state index is 12.4. The van der Waals surface area contributed by atoms with E-state index in [0.29, 0.717) is 30.4 Å². The highest BCUT2D eigenvalue weighted by atomic mass is 16.5. The summed E-state index contributed by atoms with van der Waals surface area (Å²) in [5, 5.41) is 12.9. The van der Waals surface area contributed by atoms with E-state index in [2.05, 4.69) is 10.3 Å². The zero-order chi connectivity index (χ0) is 17.6. The van der Waals surface area contributed by atoms with Gasteiger partial charge < -0.3 is 19.9 Å². The number of carbonyl (C=O) groups is 1. The van der Waals surface area contributed by atoms with Crippen LogP contribution in [0.5, 0.6) is 11.6 Å². The maximum Gasteiger partial charge on any atom is 0.253 e. The van der Waals surface area contributed by atoms with E-state index in [1.165, 1.54) is 6.20 Å². The molecule has 0 radical (unpaired) electrons. The number of rotatable bonds is 7. The number of nitrogens with zero attached hydrogens (tertiary/aromatic N) is 1. The van der Waals surface area contributed by atoms with Crippen LogP contribution in [0, 0.1) is 0 Å². The smallest absolute Gasteiger partial charge is 0.253 e. The predicted octanol–water partition coefficient (Wildman–Crippen LogP) is 2.62. The lowest BCUT2D eigenvalue weighted by Crippen LogP contribution is -2.27. The van der Waals surface area contributed by atoms with Gasteiger partial charge in [0.05, 0.1) is 18.2 Å². The van der Waals surface area contributed by atoms with Gasteiger partial charge in [0.25, 0.3) is 5.91 Å². The Kier molecular flexibility index (Phi) is 5.50. The summed E-state index contributed by atoms with van der Waals surface area (Å²) in [4.78, 5) is 16.6. The maximum absolute atomic E-state index is 12.4. The largest absolute Gasteiger partial charge is 0.508 e. The summed E-state index contributed by atoms with van der Waals surface area (Å²) in [6.45, 7) is 1.16. The molecule has 132 valence electrons. The highest BCUT2D eigenvalue weighted by molar-refractivity contribution is 5.94. The topological polar surface area (TPSA) is 80.7 Å². The molecule has 1 amide bonds. The van der Waals surface area contributed by atoms with Crippen molar-refractivity contribution in [2.45, 2.75) is 25.3 Å². The van der Waals surface area contributed by atoms with E-state index in [9.17, 15) is 9.90 Å². The zero-order valence-corrected chi connectivity index (χ0v) is 14.2. The highest BCUT2D eigenvalue weighted by Crippen LogP contribution is 2.36. The van der Waals surface area contributed by atoms with Crippen molar-refractivity contribution in [2.24, 2.45) is 0 Å². The Morgan fingerprint density at radius 2 is 2.20 bits per heavy atom. The summed E-state index contributed by atoms with van der Waals surface area (Å²) in [7, 11) is 1.65. The van der Waals surface area contributed by atoms with Crippen molar-refractivity contribution in [2.75, 3.05) is 20.3 Å². The van der Waals surface area contributed by atoms with Gasteiger partial charge >= 0.3 is 0 Å². The van der Waals surface area contributed by atoms with Crippen LogP contribution in [-0.4, -0.2) is 36.3 Å². The Morgan fingerprint density at radius 1 is 1.32 bits per heavy atom. The van der Waals surface area contributed by atoms with Crippen molar-refractivity contribution in [3.05, 3.63) is 53.2 Å². The van der Waals surface area contributed by atoms with Crippen LogP contribution in [0.3, 0.4) is 0 Å². The number of fused-ring (bicyclic) bond motifs is 1. The second-order valence-corrected chi connectivity index (χ2v) is 5.99. The number of aromatic nitrogens is 1. The number of benzene rings is 1. The highest BCUT2D eigenvalue weighted by Gasteiger charge is 2.26. The quantitative estimate of drug-likeness (QED) is 0.756. The molecule has 1 aromatic carbocycles. The Morgan fingerprint density at radius 3 is 2.96 bits per heavy atom. The molecule has 0 saturated heterocycles. The Labute approximate surface area is 146 Å². The van der Waals surface area contributed by atoms with Gasteiger partial charge in [-0.25, -0.2) is 4.98 Å². The van der Waals surface area contributed by atoms with Crippen LogP contribution in [0.15, 0.2) is 36.5 Å². The molecule has 0 saturated carbocycles. The SMILES string of the molecule is COCCCOc1ccc(C(=O)NC2CCc3c(O)cccc32)cn1. The third-order valence-corrected chi connectivity index (χ3v) is 4.29.